The lowest BCUT2D eigenvalue weighted by Gasteiger charge is -2.36. The van der Waals surface area contributed by atoms with Crippen LogP contribution in [-0.2, 0) is 14.8 Å². The van der Waals surface area contributed by atoms with Gasteiger partial charge in [0.2, 0.25) is 15.9 Å². The van der Waals surface area contributed by atoms with E-state index in [2.05, 4.69) is 5.32 Å². The molecule has 0 radical (unpaired) electrons. The molecule has 1 saturated heterocycles. The van der Waals surface area contributed by atoms with Gasteiger partial charge in [-0.2, -0.15) is 4.31 Å². The molecule has 9 heteroatoms. The normalized spacial score (nSPS) is 17.1. The molecule has 156 valence electrons. The zero-order valence-corrected chi connectivity index (χ0v) is 17.0. The summed E-state index contributed by atoms with van der Waals surface area (Å²) in [6.07, 6.45) is 0. The number of aryl methyl sites for hydroxylation is 1. The van der Waals surface area contributed by atoms with Crippen LogP contribution < -0.4 is 5.32 Å². The van der Waals surface area contributed by atoms with E-state index in [0.29, 0.717) is 24.8 Å². The third-order valence-corrected chi connectivity index (χ3v) is 6.91. The van der Waals surface area contributed by atoms with Gasteiger partial charge in [-0.05, 0) is 49.7 Å². The van der Waals surface area contributed by atoms with Gasteiger partial charge in [-0.25, -0.2) is 17.2 Å². The van der Waals surface area contributed by atoms with Gasteiger partial charge in [0, 0.05) is 31.9 Å². The highest BCUT2D eigenvalue weighted by molar-refractivity contribution is 7.89. The summed E-state index contributed by atoms with van der Waals surface area (Å²) in [5.41, 5.74) is 1.73. The van der Waals surface area contributed by atoms with Crippen LogP contribution in [0.1, 0.15) is 12.5 Å². The van der Waals surface area contributed by atoms with E-state index in [0.717, 1.165) is 22.0 Å². The summed E-state index contributed by atoms with van der Waals surface area (Å²) in [7, 11) is -4.15. The number of amides is 1. The molecule has 1 aliphatic heterocycles. The van der Waals surface area contributed by atoms with Crippen LogP contribution in [0, 0.1) is 18.6 Å². The topological polar surface area (TPSA) is 69.7 Å². The molecule has 1 N–H and O–H groups in total. The summed E-state index contributed by atoms with van der Waals surface area (Å²) in [6, 6.07) is 9.35. The minimum absolute atomic E-state index is 0.0837. The summed E-state index contributed by atoms with van der Waals surface area (Å²) in [4.78, 5) is 13.7. The molecule has 2 aromatic rings. The van der Waals surface area contributed by atoms with Crippen LogP contribution >= 0.6 is 0 Å². The van der Waals surface area contributed by atoms with Crippen molar-refractivity contribution >= 4 is 21.6 Å². The zero-order valence-electron chi connectivity index (χ0n) is 16.2. The molecule has 0 spiro atoms. The van der Waals surface area contributed by atoms with Crippen LogP contribution in [-0.4, -0.2) is 55.8 Å². The van der Waals surface area contributed by atoms with Gasteiger partial charge in [0.25, 0.3) is 0 Å². The lowest BCUT2D eigenvalue weighted by molar-refractivity contribution is -0.121. The Bertz CT molecular complexity index is 1010. The minimum atomic E-state index is -4.15. The van der Waals surface area contributed by atoms with Crippen LogP contribution in [0.5, 0.6) is 0 Å². The van der Waals surface area contributed by atoms with E-state index >= 15 is 0 Å². The Morgan fingerprint density at radius 1 is 1.07 bits per heavy atom. The zero-order chi connectivity index (χ0) is 21.2. The van der Waals surface area contributed by atoms with Gasteiger partial charge in [0.15, 0.2) is 0 Å². The first-order valence-electron chi connectivity index (χ1n) is 9.25. The fraction of sp³-hybridized carbons (Fsp3) is 0.350. The maximum absolute atomic E-state index is 13.9. The second kappa shape index (κ2) is 8.56. The van der Waals surface area contributed by atoms with Crippen LogP contribution in [0.25, 0.3) is 0 Å². The molecule has 0 bridgehead atoms. The summed E-state index contributed by atoms with van der Waals surface area (Å²) in [5, 5.41) is 2.86. The smallest absolute Gasteiger partial charge is 0.246 e. The van der Waals surface area contributed by atoms with Crippen molar-refractivity contribution in [3.8, 4) is 0 Å². The summed E-state index contributed by atoms with van der Waals surface area (Å²) < 4.78 is 53.8. The highest BCUT2D eigenvalue weighted by Gasteiger charge is 2.33. The minimum Gasteiger partial charge on any atom is -0.325 e. The number of carbonyl (C=O) groups excluding carboxylic acids is 1. The van der Waals surface area contributed by atoms with E-state index in [1.54, 1.807) is 13.0 Å². The van der Waals surface area contributed by atoms with Crippen LogP contribution in [0.2, 0.25) is 0 Å². The first kappa shape index (κ1) is 21.4. The molecule has 1 amide bonds. The number of piperazine rings is 1. The van der Waals surface area contributed by atoms with Gasteiger partial charge in [-0.1, -0.05) is 12.1 Å². The van der Waals surface area contributed by atoms with Crippen molar-refractivity contribution < 1.29 is 22.0 Å². The third-order valence-electron chi connectivity index (χ3n) is 5.00. The number of rotatable bonds is 5. The molecule has 0 saturated carbocycles. The second-order valence-electron chi connectivity index (χ2n) is 7.05. The number of halogens is 2. The number of nitrogens with one attached hydrogen (secondary N) is 1. The molecular weight excluding hydrogens is 400 g/mol. The van der Waals surface area contributed by atoms with Gasteiger partial charge >= 0.3 is 0 Å². The number of nitrogens with zero attached hydrogens (tertiary/aromatic N) is 2. The Hall–Kier alpha value is -2.36. The van der Waals surface area contributed by atoms with Crippen molar-refractivity contribution in [2.24, 2.45) is 0 Å². The maximum Gasteiger partial charge on any atom is 0.246 e. The van der Waals surface area contributed by atoms with Crippen molar-refractivity contribution in [1.29, 1.82) is 0 Å². The Morgan fingerprint density at radius 2 is 1.76 bits per heavy atom. The molecule has 0 aliphatic carbocycles. The van der Waals surface area contributed by atoms with Crippen molar-refractivity contribution in [3.05, 3.63) is 59.7 Å². The summed E-state index contributed by atoms with van der Waals surface area (Å²) in [5.74, 6) is -1.99. The largest absolute Gasteiger partial charge is 0.325 e. The van der Waals surface area contributed by atoms with Crippen molar-refractivity contribution in [3.63, 3.8) is 0 Å². The number of hydrogen-bond donors (Lipinski definition) is 1. The van der Waals surface area contributed by atoms with Crippen molar-refractivity contribution in [2.75, 3.05) is 31.5 Å². The monoisotopic (exact) mass is 423 g/mol. The lowest BCUT2D eigenvalue weighted by atomic mass is 10.2. The quantitative estimate of drug-likeness (QED) is 0.803. The molecule has 1 unspecified atom stereocenters. The lowest BCUT2D eigenvalue weighted by Crippen LogP contribution is -2.54. The number of hydrogen-bond acceptors (Lipinski definition) is 4. The fourth-order valence-electron chi connectivity index (χ4n) is 3.28. The second-order valence-corrected chi connectivity index (χ2v) is 8.96. The molecule has 1 atom stereocenters. The average molecular weight is 423 g/mol. The third kappa shape index (κ3) is 4.80. The molecule has 2 aromatic carbocycles. The molecule has 1 fully saturated rings. The number of carbonyl (C=O) groups is 1. The van der Waals surface area contributed by atoms with Crippen LogP contribution in [0.3, 0.4) is 0 Å². The summed E-state index contributed by atoms with van der Waals surface area (Å²) in [6.45, 7) is 4.46. The maximum atomic E-state index is 13.9. The molecular formula is C20H23F2N3O3S. The van der Waals surface area contributed by atoms with E-state index in [1.807, 2.05) is 30.0 Å². The first-order chi connectivity index (χ1) is 13.7. The van der Waals surface area contributed by atoms with Crippen LogP contribution in [0.15, 0.2) is 47.4 Å². The number of anilines is 1. The molecule has 3 rings (SSSR count). The van der Waals surface area contributed by atoms with Crippen molar-refractivity contribution in [1.82, 2.24) is 9.21 Å². The van der Waals surface area contributed by atoms with Gasteiger partial charge in [0.1, 0.15) is 16.5 Å². The average Bonchev–Trinajstić information content (AvgIpc) is 2.69. The van der Waals surface area contributed by atoms with Crippen LogP contribution in [0.4, 0.5) is 14.5 Å². The highest BCUT2D eigenvalue weighted by Crippen LogP contribution is 2.22. The van der Waals surface area contributed by atoms with E-state index in [1.165, 1.54) is 0 Å². The molecule has 29 heavy (non-hydrogen) atoms. The number of benzene rings is 2. The Balaban J connectivity index is 1.63. The molecule has 1 heterocycles. The van der Waals surface area contributed by atoms with Gasteiger partial charge in [0.05, 0.1) is 6.04 Å². The Morgan fingerprint density at radius 3 is 2.41 bits per heavy atom. The van der Waals surface area contributed by atoms with Gasteiger partial charge in [-0.15, -0.1) is 0 Å². The molecule has 6 nitrogen and oxygen atoms in total. The van der Waals surface area contributed by atoms with Gasteiger partial charge < -0.3 is 5.32 Å². The van der Waals surface area contributed by atoms with Gasteiger partial charge in [-0.3, -0.25) is 9.69 Å². The van der Waals surface area contributed by atoms with E-state index in [4.69, 9.17) is 0 Å². The fourth-order valence-corrected chi connectivity index (χ4v) is 4.78. The Kier molecular flexibility index (Phi) is 6.30. The Labute approximate surface area is 169 Å². The molecule has 1 aliphatic rings. The van der Waals surface area contributed by atoms with E-state index in [-0.39, 0.29) is 19.0 Å². The van der Waals surface area contributed by atoms with E-state index < -0.39 is 32.6 Å². The molecule has 0 aromatic heterocycles. The number of sulfonamides is 1. The standard InChI is InChI=1S/C20H23F2N3O3S/c1-14-4-3-5-17(12-14)23-20(26)15(2)24-8-10-25(11-9-24)29(27,28)19-13-16(21)6-7-18(19)22/h3-7,12-13,15H,8-11H2,1-2H3,(H,23,26). The highest BCUT2D eigenvalue weighted by atomic mass is 32.2. The predicted octanol–water partition coefficient (Wildman–Crippen LogP) is 2.61. The van der Waals surface area contributed by atoms with E-state index in [9.17, 15) is 22.0 Å². The summed E-state index contributed by atoms with van der Waals surface area (Å²) >= 11 is 0. The predicted molar refractivity (Wildman–Crippen MR) is 106 cm³/mol. The first-order valence-corrected chi connectivity index (χ1v) is 10.7. The van der Waals surface area contributed by atoms with Crippen molar-refractivity contribution in [2.45, 2.75) is 24.8 Å². The SMILES string of the molecule is Cc1cccc(NC(=O)C(C)N2CCN(S(=O)(=O)c3cc(F)ccc3F)CC2)c1.